The standard InChI is InChI=1S/C6H19O27P7/c7-1-2(8)5(27-36(17,18)29-34(11,12)13)4(10)6(3(1)9)28-37(19,20)31-39(23,24)33-40(25,26)32-38(21,22)30-35(14,15)16/h1-10H,(H,17,18)(H,19,20)(H,21,22)(H,23,24)(H,25,26)(H2,11,12,13)(H2,14,15,16)/t1-,2-,3-,4-,5+,6-/m0/s1. The molecule has 1 fully saturated rings. The van der Waals surface area contributed by atoms with Crippen LogP contribution in [-0.2, 0) is 62.6 Å². The Morgan fingerprint density at radius 1 is 0.350 bits per heavy atom. The molecule has 1 aliphatic carbocycles. The first kappa shape index (κ1) is 38.8. The number of aliphatic hydroxyl groups excluding tert-OH is 4. The van der Waals surface area contributed by atoms with E-state index in [1.165, 1.54) is 0 Å². The molecule has 0 aromatic heterocycles. The fraction of sp³-hybridized carbons (Fsp3) is 1.00. The van der Waals surface area contributed by atoms with Gasteiger partial charge in [0.1, 0.15) is 36.6 Å². The molecule has 1 saturated carbocycles. The van der Waals surface area contributed by atoms with Gasteiger partial charge in [-0.05, 0) is 0 Å². The largest absolute Gasteiger partial charge is 0.490 e. The van der Waals surface area contributed by atoms with Crippen LogP contribution in [0.1, 0.15) is 0 Å². The van der Waals surface area contributed by atoms with Crippen LogP contribution in [0.2, 0.25) is 0 Å². The smallest absolute Gasteiger partial charge is 0.387 e. The quantitative estimate of drug-likeness (QED) is 0.0788. The third-order valence-corrected chi connectivity index (χ3v) is 12.9. The zero-order chi connectivity index (χ0) is 31.9. The van der Waals surface area contributed by atoms with E-state index in [9.17, 15) is 72.0 Å². The number of rotatable bonds is 14. The van der Waals surface area contributed by atoms with Gasteiger partial charge in [0, 0.05) is 0 Å². The van der Waals surface area contributed by atoms with Crippen LogP contribution in [0.4, 0.5) is 0 Å². The Bertz CT molecular complexity index is 1240. The molecule has 0 amide bonds. The van der Waals surface area contributed by atoms with Crippen molar-refractivity contribution in [3.63, 3.8) is 0 Å². The predicted octanol–water partition coefficient (Wildman–Crippen LogP) is -3.02. The van der Waals surface area contributed by atoms with Crippen molar-refractivity contribution in [1.82, 2.24) is 0 Å². The van der Waals surface area contributed by atoms with E-state index in [-0.39, 0.29) is 0 Å². The number of phosphoric acid groups is 7. The van der Waals surface area contributed by atoms with E-state index in [1.807, 2.05) is 0 Å². The molecule has 0 heterocycles. The summed E-state index contributed by atoms with van der Waals surface area (Å²) in [4.78, 5) is 80.6. The van der Waals surface area contributed by atoms with Gasteiger partial charge in [-0.1, -0.05) is 0 Å². The molecule has 11 atom stereocenters. The fourth-order valence-electron chi connectivity index (χ4n) is 2.48. The number of hydrogen-bond acceptors (Lipinski definition) is 18. The van der Waals surface area contributed by atoms with Crippen molar-refractivity contribution in [3.05, 3.63) is 0 Å². The highest BCUT2D eigenvalue weighted by atomic mass is 31.3. The van der Waals surface area contributed by atoms with E-state index in [0.717, 1.165) is 0 Å². The van der Waals surface area contributed by atoms with Crippen molar-refractivity contribution in [2.45, 2.75) is 36.6 Å². The van der Waals surface area contributed by atoms with Crippen molar-refractivity contribution in [1.29, 1.82) is 0 Å². The van der Waals surface area contributed by atoms with Gasteiger partial charge in [0.2, 0.25) is 0 Å². The first-order valence-corrected chi connectivity index (χ1v) is 19.3. The van der Waals surface area contributed by atoms with Crippen LogP contribution in [0.25, 0.3) is 0 Å². The molecule has 1 aliphatic rings. The number of aliphatic hydroxyl groups is 4. The molecule has 0 aromatic rings. The molecule has 0 spiro atoms. The molecule has 13 N–H and O–H groups in total. The molecule has 27 nitrogen and oxygen atoms in total. The van der Waals surface area contributed by atoms with Gasteiger partial charge in [-0.15, -0.1) is 0 Å². The Morgan fingerprint density at radius 2 is 0.600 bits per heavy atom. The van der Waals surface area contributed by atoms with Gasteiger partial charge in [-0.3, -0.25) is 9.05 Å². The van der Waals surface area contributed by atoms with E-state index < -0.39 is 91.4 Å². The second kappa shape index (κ2) is 13.0. The monoisotopic (exact) mass is 740 g/mol. The molecule has 0 radical (unpaired) electrons. The molecule has 5 unspecified atom stereocenters. The minimum atomic E-state index is -6.54. The SMILES string of the molecule is O=P(O)(O)OP(=O)(O)O[C@H]1[C@H](O)[C@@H](OP(=O)(O)OP(=O)(O)OP(=O)(O)OP(=O)(O)OP(=O)(O)O)[C@@H](O)[C@@H](O)[C@@H]1O. The summed E-state index contributed by atoms with van der Waals surface area (Å²) in [5.74, 6) is 0. The van der Waals surface area contributed by atoms with Crippen LogP contribution >= 0.6 is 54.8 Å². The summed E-state index contributed by atoms with van der Waals surface area (Å²) >= 11 is 0. The highest BCUT2D eigenvalue weighted by Crippen LogP contribution is 2.73. The van der Waals surface area contributed by atoms with Gasteiger partial charge in [0.15, 0.2) is 0 Å². The highest BCUT2D eigenvalue weighted by Gasteiger charge is 2.56. The minimum absolute atomic E-state index is 2.64. The lowest BCUT2D eigenvalue weighted by atomic mass is 9.85. The number of hydrogen-bond donors (Lipinski definition) is 13. The van der Waals surface area contributed by atoms with Crippen molar-refractivity contribution < 1.29 is 127 Å². The Hall–Kier alpha value is 0.810. The predicted molar refractivity (Wildman–Crippen MR) is 112 cm³/mol. The summed E-state index contributed by atoms with van der Waals surface area (Å²) in [7, 11) is -43.3. The second-order valence-corrected chi connectivity index (χ2v) is 17.2. The van der Waals surface area contributed by atoms with Crippen LogP contribution in [0, 0.1) is 0 Å². The van der Waals surface area contributed by atoms with Crippen LogP contribution < -0.4 is 0 Å². The van der Waals surface area contributed by atoms with E-state index in [2.05, 4.69) is 30.6 Å². The Kier molecular flexibility index (Phi) is 12.7. The van der Waals surface area contributed by atoms with E-state index in [4.69, 9.17) is 24.5 Å². The molecule has 0 saturated heterocycles. The highest BCUT2D eigenvalue weighted by molar-refractivity contribution is 7.71. The molecule has 0 aliphatic heterocycles. The lowest BCUT2D eigenvalue weighted by Gasteiger charge is -2.43. The summed E-state index contributed by atoms with van der Waals surface area (Å²) in [5, 5.41) is 39.8. The normalized spacial score (nSPS) is 34.0. The van der Waals surface area contributed by atoms with E-state index in [0.29, 0.717) is 0 Å². The zero-order valence-corrected chi connectivity index (χ0v) is 24.4. The molecule has 0 aromatic carbocycles. The number of phosphoric ester groups is 2. The maximum absolute atomic E-state index is 12.1. The maximum Gasteiger partial charge on any atom is 0.490 e. The summed E-state index contributed by atoms with van der Waals surface area (Å²) in [6.45, 7) is 0. The van der Waals surface area contributed by atoms with E-state index >= 15 is 0 Å². The Labute approximate surface area is 219 Å². The van der Waals surface area contributed by atoms with Gasteiger partial charge < -0.3 is 64.5 Å². The molecule has 0 bridgehead atoms. The Balaban J connectivity index is 3.12. The maximum atomic E-state index is 12.1. The second-order valence-electron chi connectivity index (χ2n) is 6.83. The fourth-order valence-corrected chi connectivity index (χ4v) is 10.3. The molecular weight excluding hydrogens is 721 g/mol. The first-order chi connectivity index (χ1) is 17.4. The zero-order valence-electron chi connectivity index (χ0n) is 18.1. The average molecular weight is 740 g/mol. The molecule has 34 heteroatoms. The van der Waals surface area contributed by atoms with Crippen LogP contribution in [0.5, 0.6) is 0 Å². The lowest BCUT2D eigenvalue weighted by Crippen LogP contribution is -2.64. The van der Waals surface area contributed by atoms with Crippen LogP contribution in [-0.4, -0.2) is 101 Å². The van der Waals surface area contributed by atoms with Crippen molar-refractivity contribution >= 4 is 54.8 Å². The van der Waals surface area contributed by atoms with Gasteiger partial charge in [0.25, 0.3) is 0 Å². The van der Waals surface area contributed by atoms with Gasteiger partial charge in [0.05, 0.1) is 0 Å². The third-order valence-electron chi connectivity index (χ3n) is 3.59. The topological polar surface area (TPSA) is 447 Å². The summed E-state index contributed by atoms with van der Waals surface area (Å²) in [5.41, 5.74) is 0. The van der Waals surface area contributed by atoms with Crippen molar-refractivity contribution in [2.24, 2.45) is 0 Å². The average Bonchev–Trinajstić information content (AvgIpc) is 2.60. The molecular formula is C6H19O27P7. The third kappa shape index (κ3) is 13.2. The van der Waals surface area contributed by atoms with Gasteiger partial charge >= 0.3 is 54.8 Å². The molecule has 240 valence electrons. The van der Waals surface area contributed by atoms with E-state index in [1.54, 1.807) is 0 Å². The van der Waals surface area contributed by atoms with Gasteiger partial charge in [-0.25, -0.2) is 32.0 Å². The van der Waals surface area contributed by atoms with Crippen LogP contribution in [0.15, 0.2) is 0 Å². The molecule has 40 heavy (non-hydrogen) atoms. The lowest BCUT2D eigenvalue weighted by molar-refractivity contribution is -0.215. The first-order valence-electron chi connectivity index (χ1n) is 8.77. The summed E-state index contributed by atoms with van der Waals surface area (Å²) in [6, 6.07) is 0. The van der Waals surface area contributed by atoms with Gasteiger partial charge in [-0.2, -0.15) is 21.6 Å². The summed E-state index contributed by atoms with van der Waals surface area (Å²) < 4.78 is 105. The Morgan fingerprint density at radius 3 is 0.925 bits per heavy atom. The van der Waals surface area contributed by atoms with Crippen molar-refractivity contribution in [3.8, 4) is 0 Å². The minimum Gasteiger partial charge on any atom is -0.387 e. The van der Waals surface area contributed by atoms with Crippen molar-refractivity contribution in [2.75, 3.05) is 0 Å². The van der Waals surface area contributed by atoms with Crippen LogP contribution in [0.3, 0.4) is 0 Å². The summed E-state index contributed by atoms with van der Waals surface area (Å²) in [6.07, 6.45) is -16.5. The molecule has 1 rings (SSSR count).